The molecule has 1 atom stereocenters. The van der Waals surface area contributed by atoms with E-state index in [4.69, 9.17) is 0 Å². The van der Waals surface area contributed by atoms with Crippen LogP contribution < -0.4 is 0 Å². The molecule has 3 aromatic rings. The summed E-state index contributed by atoms with van der Waals surface area (Å²) in [6, 6.07) is 24.2. The van der Waals surface area contributed by atoms with Gasteiger partial charge in [0.15, 0.2) is 0 Å². The molecule has 0 heteroatoms. The number of fused-ring (bicyclic) bond motifs is 3. The minimum atomic E-state index is 0.393. The van der Waals surface area contributed by atoms with Gasteiger partial charge < -0.3 is 0 Å². The Morgan fingerprint density at radius 1 is 0.773 bits per heavy atom. The molecule has 3 aromatic carbocycles. The van der Waals surface area contributed by atoms with E-state index in [2.05, 4.69) is 78.9 Å². The molecule has 0 saturated heterocycles. The van der Waals surface area contributed by atoms with Crippen LogP contribution in [-0.4, -0.2) is 0 Å². The van der Waals surface area contributed by atoms with E-state index in [0.29, 0.717) is 5.92 Å². The molecular weight excluding hydrogens is 264 g/mol. The van der Waals surface area contributed by atoms with Gasteiger partial charge in [-0.05, 0) is 45.0 Å². The molecule has 0 saturated carbocycles. The average molecular weight is 280 g/mol. The fourth-order valence-electron chi connectivity index (χ4n) is 4.02. The van der Waals surface area contributed by atoms with Crippen LogP contribution in [-0.2, 0) is 6.42 Å². The zero-order chi connectivity index (χ0) is 14.5. The molecule has 2 aliphatic carbocycles. The predicted octanol–water partition coefficient (Wildman–Crippen LogP) is 5.50. The van der Waals surface area contributed by atoms with E-state index in [1.54, 1.807) is 0 Å². The Morgan fingerprint density at radius 3 is 2.59 bits per heavy atom. The van der Waals surface area contributed by atoms with Gasteiger partial charge in [0.25, 0.3) is 0 Å². The molecule has 0 fully saturated rings. The lowest BCUT2D eigenvalue weighted by atomic mass is 9.86. The topological polar surface area (TPSA) is 0 Å². The fourth-order valence-corrected chi connectivity index (χ4v) is 4.02. The van der Waals surface area contributed by atoms with Crippen molar-refractivity contribution >= 4 is 16.3 Å². The first-order chi connectivity index (χ1) is 10.9. The third-order valence-electron chi connectivity index (χ3n) is 4.99. The highest BCUT2D eigenvalue weighted by Gasteiger charge is 2.30. The SMILES string of the molecule is C1=CC(c2cccc3ccccc23)C2=C1Cc1ccccc12. The normalized spacial score (nSPS) is 18.8. The smallest absolute Gasteiger partial charge is 0.0287 e. The van der Waals surface area contributed by atoms with Gasteiger partial charge in [-0.25, -0.2) is 0 Å². The van der Waals surface area contributed by atoms with E-state index in [0.717, 1.165) is 6.42 Å². The van der Waals surface area contributed by atoms with Crippen LogP contribution in [0, 0.1) is 0 Å². The summed E-state index contributed by atoms with van der Waals surface area (Å²) in [6.07, 6.45) is 5.80. The Bertz CT molecular complexity index is 951. The molecule has 0 aromatic heterocycles. The van der Waals surface area contributed by atoms with Gasteiger partial charge >= 0.3 is 0 Å². The Morgan fingerprint density at radius 2 is 1.59 bits per heavy atom. The predicted molar refractivity (Wildman–Crippen MR) is 92.9 cm³/mol. The van der Waals surface area contributed by atoms with E-state index in [1.807, 2.05) is 0 Å². The highest BCUT2D eigenvalue weighted by Crippen LogP contribution is 2.48. The monoisotopic (exact) mass is 280 g/mol. The zero-order valence-electron chi connectivity index (χ0n) is 12.3. The van der Waals surface area contributed by atoms with E-state index >= 15 is 0 Å². The second-order valence-corrected chi connectivity index (χ2v) is 6.18. The van der Waals surface area contributed by atoms with Crippen molar-refractivity contribution in [2.24, 2.45) is 0 Å². The number of benzene rings is 3. The molecule has 0 radical (unpaired) electrons. The van der Waals surface area contributed by atoms with Crippen molar-refractivity contribution in [3.63, 3.8) is 0 Å². The van der Waals surface area contributed by atoms with Gasteiger partial charge in [-0.2, -0.15) is 0 Å². The van der Waals surface area contributed by atoms with Gasteiger partial charge in [0.2, 0.25) is 0 Å². The van der Waals surface area contributed by atoms with Crippen LogP contribution in [0.3, 0.4) is 0 Å². The number of allylic oxidation sites excluding steroid dienone is 4. The Hall–Kier alpha value is -2.60. The number of hydrogen-bond acceptors (Lipinski definition) is 0. The van der Waals surface area contributed by atoms with Crippen molar-refractivity contribution in [1.29, 1.82) is 0 Å². The molecule has 0 amide bonds. The largest absolute Gasteiger partial charge is 0.0723 e. The van der Waals surface area contributed by atoms with E-state index < -0.39 is 0 Å². The van der Waals surface area contributed by atoms with Crippen molar-refractivity contribution in [3.05, 3.63) is 101 Å². The first-order valence-corrected chi connectivity index (χ1v) is 7.89. The van der Waals surface area contributed by atoms with Gasteiger partial charge in [-0.15, -0.1) is 0 Å². The summed E-state index contributed by atoms with van der Waals surface area (Å²) in [4.78, 5) is 0. The Labute approximate surface area is 130 Å². The van der Waals surface area contributed by atoms with Gasteiger partial charge in [0, 0.05) is 5.92 Å². The van der Waals surface area contributed by atoms with Crippen molar-refractivity contribution < 1.29 is 0 Å². The van der Waals surface area contributed by atoms with Crippen LogP contribution in [0.25, 0.3) is 16.3 Å². The Kier molecular flexibility index (Phi) is 2.42. The number of hydrogen-bond donors (Lipinski definition) is 0. The summed E-state index contributed by atoms with van der Waals surface area (Å²) in [5.41, 5.74) is 7.37. The lowest BCUT2D eigenvalue weighted by Crippen LogP contribution is -1.98. The summed E-state index contributed by atoms with van der Waals surface area (Å²) in [7, 11) is 0. The molecule has 0 bridgehead atoms. The molecular formula is C22H16. The van der Waals surface area contributed by atoms with Crippen LogP contribution in [0.5, 0.6) is 0 Å². The second-order valence-electron chi connectivity index (χ2n) is 6.18. The van der Waals surface area contributed by atoms with Crippen LogP contribution >= 0.6 is 0 Å². The molecule has 0 heterocycles. The minimum absolute atomic E-state index is 0.393. The van der Waals surface area contributed by atoms with Crippen LogP contribution in [0.15, 0.2) is 84.5 Å². The van der Waals surface area contributed by atoms with Crippen LogP contribution in [0.1, 0.15) is 22.6 Å². The highest BCUT2D eigenvalue weighted by atomic mass is 14.3. The maximum atomic E-state index is 2.38. The molecule has 22 heavy (non-hydrogen) atoms. The maximum absolute atomic E-state index is 2.38. The van der Waals surface area contributed by atoms with E-state index in [9.17, 15) is 0 Å². The first-order valence-electron chi connectivity index (χ1n) is 7.89. The summed E-state index contributed by atoms with van der Waals surface area (Å²) in [5, 5.41) is 2.70. The molecule has 0 spiro atoms. The molecule has 5 rings (SSSR count). The average Bonchev–Trinajstić information content (AvgIpc) is 3.13. The summed E-state index contributed by atoms with van der Waals surface area (Å²) in [6.45, 7) is 0. The zero-order valence-corrected chi connectivity index (χ0v) is 12.3. The molecule has 104 valence electrons. The van der Waals surface area contributed by atoms with Gasteiger partial charge in [-0.1, -0.05) is 78.9 Å². The van der Waals surface area contributed by atoms with Crippen molar-refractivity contribution in [3.8, 4) is 0 Å². The molecule has 0 aliphatic heterocycles. The molecule has 2 aliphatic rings. The molecule has 1 unspecified atom stereocenters. The lowest BCUT2D eigenvalue weighted by Gasteiger charge is -2.17. The minimum Gasteiger partial charge on any atom is -0.0723 e. The van der Waals surface area contributed by atoms with E-state index in [1.165, 1.54) is 38.6 Å². The molecule has 0 nitrogen and oxygen atoms in total. The fraction of sp³-hybridized carbons (Fsp3) is 0.0909. The summed E-state index contributed by atoms with van der Waals surface area (Å²) < 4.78 is 0. The third kappa shape index (κ3) is 1.58. The van der Waals surface area contributed by atoms with Crippen molar-refractivity contribution in [1.82, 2.24) is 0 Å². The standard InChI is InChI=1S/C22H16/c1-3-9-18-15(6-1)8-5-11-20(18)21-13-12-17-14-16-7-2-4-10-19(16)22(17)21/h1-13,21H,14H2. The summed E-state index contributed by atoms with van der Waals surface area (Å²) in [5.74, 6) is 0.393. The lowest BCUT2D eigenvalue weighted by molar-refractivity contribution is 1.14. The number of rotatable bonds is 1. The van der Waals surface area contributed by atoms with Gasteiger partial charge in [0.05, 0.1) is 0 Å². The second kappa shape index (κ2) is 4.45. The third-order valence-corrected chi connectivity index (χ3v) is 4.99. The van der Waals surface area contributed by atoms with Gasteiger partial charge in [0.1, 0.15) is 0 Å². The van der Waals surface area contributed by atoms with E-state index in [-0.39, 0.29) is 0 Å². The van der Waals surface area contributed by atoms with Crippen LogP contribution in [0.2, 0.25) is 0 Å². The quantitative estimate of drug-likeness (QED) is 0.552. The maximum Gasteiger partial charge on any atom is 0.0287 e. The van der Waals surface area contributed by atoms with Crippen molar-refractivity contribution in [2.45, 2.75) is 12.3 Å². The highest BCUT2D eigenvalue weighted by molar-refractivity contribution is 5.93. The van der Waals surface area contributed by atoms with Crippen molar-refractivity contribution in [2.75, 3.05) is 0 Å². The summed E-state index contributed by atoms with van der Waals surface area (Å²) >= 11 is 0. The van der Waals surface area contributed by atoms with Crippen LogP contribution in [0.4, 0.5) is 0 Å². The Balaban J connectivity index is 1.72. The van der Waals surface area contributed by atoms with Gasteiger partial charge in [-0.3, -0.25) is 0 Å². The molecule has 0 N–H and O–H groups in total. The first kappa shape index (κ1) is 12.0.